The molecule has 49 heavy (non-hydrogen) atoms. The van der Waals surface area contributed by atoms with Gasteiger partial charge in [-0.3, -0.25) is 4.57 Å². The summed E-state index contributed by atoms with van der Waals surface area (Å²) in [6.07, 6.45) is 0. The van der Waals surface area contributed by atoms with Crippen molar-refractivity contribution in [2.75, 3.05) is 0 Å². The van der Waals surface area contributed by atoms with Crippen LogP contribution >= 0.6 is 0 Å². The maximum atomic E-state index is 6.77. The molecule has 0 aliphatic heterocycles. The van der Waals surface area contributed by atoms with Crippen molar-refractivity contribution in [2.45, 2.75) is 59.3 Å². The Bertz CT molecular complexity index is 2450. The molecule has 4 nitrogen and oxygen atoms in total. The van der Waals surface area contributed by atoms with Gasteiger partial charge in [0.15, 0.2) is 0 Å². The van der Waals surface area contributed by atoms with Crippen molar-refractivity contribution in [1.29, 1.82) is 0 Å². The van der Waals surface area contributed by atoms with Crippen LogP contribution in [0.4, 0.5) is 0 Å². The minimum Gasteiger partial charge on any atom is -0.437 e. The highest BCUT2D eigenvalue weighted by atomic mass is 16.3. The van der Waals surface area contributed by atoms with Crippen LogP contribution in [0.25, 0.3) is 72.4 Å². The predicted octanol–water partition coefficient (Wildman–Crippen LogP) is 12.2. The Balaban J connectivity index is 1.52. The normalized spacial score (nSPS) is 12.4. The fraction of sp³-hybridized carbons (Fsp3) is 0.200. The largest absolute Gasteiger partial charge is 0.437 e. The number of hydrogen-bond acceptors (Lipinski definition) is 3. The zero-order chi connectivity index (χ0) is 34.1. The molecule has 0 amide bonds. The van der Waals surface area contributed by atoms with E-state index in [2.05, 4.69) is 174 Å². The third kappa shape index (κ3) is 5.23. The van der Waals surface area contributed by atoms with Crippen LogP contribution in [0.2, 0.25) is 0 Å². The van der Waals surface area contributed by atoms with Gasteiger partial charge in [0.25, 0.3) is 0 Å². The zero-order valence-corrected chi connectivity index (χ0v) is 29.3. The highest BCUT2D eigenvalue weighted by Gasteiger charge is 2.27. The molecule has 0 aliphatic rings. The summed E-state index contributed by atoms with van der Waals surface area (Å²) in [5.74, 6) is 0.833. The molecular formula is C45H41N3O. The van der Waals surface area contributed by atoms with E-state index in [0.29, 0.717) is 5.71 Å². The highest BCUT2D eigenvalue weighted by molar-refractivity contribution is 6.10. The van der Waals surface area contributed by atoms with Crippen molar-refractivity contribution < 1.29 is 4.42 Å². The van der Waals surface area contributed by atoms with Gasteiger partial charge < -0.3 is 4.42 Å². The number of aryl methyl sites for hydroxylation is 1. The fourth-order valence-corrected chi connectivity index (χ4v) is 6.94. The Hall–Kier alpha value is -5.48. The van der Waals surface area contributed by atoms with E-state index < -0.39 is 0 Å². The molecule has 242 valence electrons. The Kier molecular flexibility index (Phi) is 7.11. The SMILES string of the molecule is Cc1ccc(-c2nc3ccccc3n2-c2c(-c3ccccc3)cc(C(C)(C)C)cc2-c2ccccc2)c2oc3nc(C(C)(C)C)ccc3c12. The number of hydrogen-bond donors (Lipinski definition) is 0. The van der Waals surface area contributed by atoms with Crippen LogP contribution in [0.1, 0.15) is 58.4 Å². The molecule has 0 fully saturated rings. The topological polar surface area (TPSA) is 43.9 Å². The van der Waals surface area contributed by atoms with E-state index in [1.807, 2.05) is 0 Å². The molecule has 0 aliphatic carbocycles. The van der Waals surface area contributed by atoms with Crippen LogP contribution in [-0.2, 0) is 10.8 Å². The monoisotopic (exact) mass is 639 g/mol. The first kappa shape index (κ1) is 30.8. The second kappa shape index (κ2) is 11.3. The first-order valence-corrected chi connectivity index (χ1v) is 17.1. The van der Waals surface area contributed by atoms with Crippen LogP contribution in [0.3, 0.4) is 0 Å². The van der Waals surface area contributed by atoms with Gasteiger partial charge in [0.2, 0.25) is 5.71 Å². The summed E-state index contributed by atoms with van der Waals surface area (Å²) in [4.78, 5) is 10.4. The summed E-state index contributed by atoms with van der Waals surface area (Å²) in [7, 11) is 0. The Morgan fingerprint density at radius 2 is 1.20 bits per heavy atom. The lowest BCUT2D eigenvalue weighted by Gasteiger charge is -2.26. The van der Waals surface area contributed by atoms with Crippen LogP contribution in [0.15, 0.2) is 126 Å². The zero-order valence-electron chi connectivity index (χ0n) is 29.3. The van der Waals surface area contributed by atoms with Gasteiger partial charge in [-0.15, -0.1) is 0 Å². The minimum absolute atomic E-state index is 0.0677. The first-order chi connectivity index (χ1) is 23.5. The van der Waals surface area contributed by atoms with Crippen molar-refractivity contribution >= 4 is 33.1 Å². The maximum absolute atomic E-state index is 6.77. The smallest absolute Gasteiger partial charge is 0.227 e. The summed E-state index contributed by atoms with van der Waals surface area (Å²) >= 11 is 0. The molecule has 0 N–H and O–H groups in total. The number of benzene rings is 5. The molecule has 0 unspecified atom stereocenters. The van der Waals surface area contributed by atoms with Gasteiger partial charge in [-0.25, -0.2) is 9.97 Å². The molecule has 4 heteroatoms. The number of rotatable bonds is 4. The van der Waals surface area contributed by atoms with Gasteiger partial charge in [-0.1, -0.05) is 120 Å². The summed E-state index contributed by atoms with van der Waals surface area (Å²) in [5.41, 5.74) is 13.3. The maximum Gasteiger partial charge on any atom is 0.227 e. The highest BCUT2D eigenvalue weighted by Crippen LogP contribution is 2.45. The quantitative estimate of drug-likeness (QED) is 0.192. The van der Waals surface area contributed by atoms with Gasteiger partial charge in [0.05, 0.1) is 22.3 Å². The molecule has 0 saturated heterocycles. The summed E-state index contributed by atoms with van der Waals surface area (Å²) < 4.78 is 9.13. The van der Waals surface area contributed by atoms with E-state index >= 15 is 0 Å². The van der Waals surface area contributed by atoms with E-state index in [-0.39, 0.29) is 10.8 Å². The Morgan fingerprint density at radius 1 is 0.592 bits per heavy atom. The summed E-state index contributed by atoms with van der Waals surface area (Å²) in [5, 5.41) is 2.10. The molecule has 0 spiro atoms. The molecule has 3 aromatic heterocycles. The van der Waals surface area contributed by atoms with Crippen molar-refractivity contribution in [3.8, 4) is 39.3 Å². The molecule has 0 saturated carbocycles. The number of furan rings is 1. The standard InChI is InChI=1S/C45H41N3O/c1-28-22-23-33(41-39(28)32-24-25-38(45(5,6)7)47-43(32)49-41)42-46-36-20-14-15-21-37(36)48(42)40-34(29-16-10-8-11-17-29)26-31(44(2,3)4)27-35(40)30-18-12-9-13-19-30/h8-27H,1-7H3. The van der Waals surface area contributed by atoms with Crippen LogP contribution in [0, 0.1) is 6.92 Å². The predicted molar refractivity (Wildman–Crippen MR) is 205 cm³/mol. The first-order valence-electron chi connectivity index (χ1n) is 17.1. The second-order valence-corrected chi connectivity index (χ2v) is 15.2. The van der Waals surface area contributed by atoms with Gasteiger partial charge >= 0.3 is 0 Å². The lowest BCUT2D eigenvalue weighted by atomic mass is 9.82. The Morgan fingerprint density at radius 3 is 1.82 bits per heavy atom. The van der Waals surface area contributed by atoms with E-state index in [4.69, 9.17) is 14.4 Å². The summed E-state index contributed by atoms with van der Waals surface area (Å²) in [6, 6.07) is 43.3. The van der Waals surface area contributed by atoms with E-state index in [1.54, 1.807) is 0 Å². The molecule has 8 rings (SSSR count). The summed E-state index contributed by atoms with van der Waals surface area (Å²) in [6.45, 7) is 15.6. The third-order valence-corrected chi connectivity index (χ3v) is 9.63. The van der Waals surface area contributed by atoms with E-state index in [1.165, 1.54) is 5.56 Å². The molecule has 3 heterocycles. The number of para-hydroxylation sites is 2. The van der Waals surface area contributed by atoms with Crippen molar-refractivity contribution in [1.82, 2.24) is 14.5 Å². The fourth-order valence-electron chi connectivity index (χ4n) is 6.94. The third-order valence-electron chi connectivity index (χ3n) is 9.63. The van der Waals surface area contributed by atoms with Crippen molar-refractivity contribution in [3.63, 3.8) is 0 Å². The van der Waals surface area contributed by atoms with Crippen molar-refractivity contribution in [2.24, 2.45) is 0 Å². The lowest BCUT2D eigenvalue weighted by molar-refractivity contribution is 0.562. The molecule has 0 bridgehead atoms. The molecular weight excluding hydrogens is 599 g/mol. The van der Waals surface area contributed by atoms with Crippen LogP contribution in [0.5, 0.6) is 0 Å². The van der Waals surface area contributed by atoms with Crippen molar-refractivity contribution in [3.05, 3.63) is 138 Å². The second-order valence-electron chi connectivity index (χ2n) is 15.2. The van der Waals surface area contributed by atoms with Crippen LogP contribution in [-0.4, -0.2) is 14.5 Å². The lowest BCUT2D eigenvalue weighted by Crippen LogP contribution is -2.13. The van der Waals surface area contributed by atoms with Gasteiger partial charge in [-0.05, 0) is 77.1 Å². The number of nitrogens with zero attached hydrogens (tertiary/aromatic N) is 3. The molecule has 0 radical (unpaired) electrons. The van der Waals surface area contributed by atoms with Crippen LogP contribution < -0.4 is 0 Å². The van der Waals surface area contributed by atoms with Gasteiger partial charge in [0, 0.05) is 33.0 Å². The van der Waals surface area contributed by atoms with E-state index in [0.717, 1.165) is 78.0 Å². The number of imidazole rings is 1. The number of pyridine rings is 1. The molecule has 8 aromatic rings. The Labute approximate surface area is 288 Å². The molecule has 5 aromatic carbocycles. The number of aromatic nitrogens is 3. The average molecular weight is 640 g/mol. The van der Waals surface area contributed by atoms with Gasteiger partial charge in [-0.2, -0.15) is 0 Å². The van der Waals surface area contributed by atoms with E-state index in [9.17, 15) is 0 Å². The van der Waals surface area contributed by atoms with Gasteiger partial charge in [0.1, 0.15) is 11.4 Å². The minimum atomic E-state index is -0.0973. The molecule has 0 atom stereocenters. The average Bonchev–Trinajstić information content (AvgIpc) is 3.67. The number of fused-ring (bicyclic) bond motifs is 4.